The first-order chi connectivity index (χ1) is 19.6. The zero-order valence-corrected chi connectivity index (χ0v) is 28.4. The van der Waals surface area contributed by atoms with Gasteiger partial charge in [0.05, 0.1) is 34.4 Å². The number of carbonyl (C=O) groups is 1. The number of likely N-dealkylation sites (N-methyl/N-ethyl adjacent to an activating group) is 1. The van der Waals surface area contributed by atoms with E-state index in [4.69, 9.17) is 18.5 Å². The third-order valence-electron chi connectivity index (χ3n) is 7.16. The molecule has 0 aromatic rings. The van der Waals surface area contributed by atoms with Gasteiger partial charge in [-0.3, -0.25) is 9.36 Å². The minimum Gasteiger partial charge on any atom is -0.756 e. The molecule has 0 aromatic heterocycles. The number of phosphoric acid groups is 1. The molecular weight excluding hydrogens is 541 g/mol. The third-order valence-corrected chi connectivity index (χ3v) is 8.12. The van der Waals surface area contributed by atoms with E-state index in [9.17, 15) is 14.3 Å². The van der Waals surface area contributed by atoms with Crippen molar-refractivity contribution in [1.29, 1.82) is 0 Å². The summed E-state index contributed by atoms with van der Waals surface area (Å²) in [7, 11) is 1.36. The van der Waals surface area contributed by atoms with Crippen LogP contribution in [0.1, 0.15) is 142 Å². The van der Waals surface area contributed by atoms with E-state index in [0.29, 0.717) is 24.1 Å². The molecule has 0 saturated carbocycles. The van der Waals surface area contributed by atoms with E-state index in [-0.39, 0.29) is 25.8 Å². The molecule has 0 saturated heterocycles. The Morgan fingerprint density at radius 3 is 1.61 bits per heavy atom. The topological polar surface area (TPSA) is 94.1 Å². The van der Waals surface area contributed by atoms with Crippen LogP contribution in [-0.2, 0) is 27.9 Å². The van der Waals surface area contributed by atoms with Crippen LogP contribution in [0.4, 0.5) is 0 Å². The summed E-state index contributed by atoms with van der Waals surface area (Å²) < 4.78 is 34.2. The Morgan fingerprint density at radius 2 is 1.12 bits per heavy atom. The Bertz CT molecular complexity index is 642. The minimum atomic E-state index is -4.50. The summed E-state index contributed by atoms with van der Waals surface area (Å²) >= 11 is 0. The Morgan fingerprint density at radius 1 is 0.659 bits per heavy atom. The molecule has 0 radical (unpaired) electrons. The summed E-state index contributed by atoms with van der Waals surface area (Å²) in [6.07, 6.45) is 22.6. The van der Waals surface area contributed by atoms with Crippen molar-refractivity contribution >= 4 is 13.8 Å². The van der Waals surface area contributed by atoms with Gasteiger partial charge >= 0.3 is 5.97 Å². The molecule has 0 rings (SSSR count). The maximum Gasteiger partial charge on any atom is 0.306 e. The second-order valence-electron chi connectivity index (χ2n) is 12.5. The highest BCUT2D eigenvalue weighted by Gasteiger charge is 2.20. The fraction of sp³-hybridized carbons (Fsp3) is 0.969. The van der Waals surface area contributed by atoms with Crippen molar-refractivity contribution < 1.29 is 37.3 Å². The summed E-state index contributed by atoms with van der Waals surface area (Å²) in [6, 6.07) is 0. The predicted octanol–water partition coefficient (Wildman–Crippen LogP) is 7.96. The zero-order valence-electron chi connectivity index (χ0n) is 27.5. The lowest BCUT2D eigenvalue weighted by atomic mass is 10.1. The van der Waals surface area contributed by atoms with Crippen molar-refractivity contribution in [3.8, 4) is 0 Å². The van der Waals surface area contributed by atoms with Gasteiger partial charge in [0, 0.05) is 13.0 Å². The van der Waals surface area contributed by atoms with Gasteiger partial charge in [-0.15, -0.1) is 0 Å². The van der Waals surface area contributed by atoms with Gasteiger partial charge in [0.25, 0.3) is 7.82 Å². The van der Waals surface area contributed by atoms with Crippen LogP contribution >= 0.6 is 7.82 Å². The fourth-order valence-corrected chi connectivity index (χ4v) is 5.21. The smallest absolute Gasteiger partial charge is 0.306 e. The lowest BCUT2D eigenvalue weighted by Gasteiger charge is -2.28. The van der Waals surface area contributed by atoms with Crippen molar-refractivity contribution in [2.75, 3.05) is 54.1 Å². The Balaban J connectivity index is 4.29. The van der Waals surface area contributed by atoms with E-state index < -0.39 is 13.9 Å². The van der Waals surface area contributed by atoms with Crippen LogP contribution in [0.15, 0.2) is 0 Å². The molecule has 0 spiro atoms. The number of hydrogen-bond acceptors (Lipinski definition) is 7. The van der Waals surface area contributed by atoms with E-state index in [1.54, 1.807) is 0 Å². The highest BCUT2D eigenvalue weighted by atomic mass is 31.2. The van der Waals surface area contributed by atoms with Crippen LogP contribution in [0.3, 0.4) is 0 Å². The van der Waals surface area contributed by atoms with E-state index in [1.807, 2.05) is 21.1 Å². The summed E-state index contributed by atoms with van der Waals surface area (Å²) in [4.78, 5) is 24.7. The molecule has 0 amide bonds. The number of ether oxygens (including phenoxy) is 2. The molecule has 8 nitrogen and oxygen atoms in total. The fourth-order valence-electron chi connectivity index (χ4n) is 4.49. The molecule has 0 heterocycles. The molecule has 0 bridgehead atoms. The van der Waals surface area contributed by atoms with Crippen molar-refractivity contribution in [2.24, 2.45) is 0 Å². The van der Waals surface area contributed by atoms with Gasteiger partial charge in [0.1, 0.15) is 19.3 Å². The SMILES string of the molecule is CCCCCCCCCCCCCCOCC(COP(=O)([O-])OCC[N+](C)(C)C)OC(=O)CCCCCCCCC. The summed E-state index contributed by atoms with van der Waals surface area (Å²) in [5.41, 5.74) is 0. The number of unbranched alkanes of at least 4 members (excludes halogenated alkanes) is 17. The maximum atomic E-state index is 12.4. The van der Waals surface area contributed by atoms with Gasteiger partial charge in [0.15, 0.2) is 0 Å². The number of carbonyl (C=O) groups excluding carboxylic acids is 1. The number of esters is 1. The van der Waals surface area contributed by atoms with Crippen LogP contribution in [-0.4, -0.2) is 70.7 Å². The molecule has 41 heavy (non-hydrogen) atoms. The molecule has 0 fully saturated rings. The van der Waals surface area contributed by atoms with Gasteiger partial charge in [-0.25, -0.2) is 0 Å². The normalized spacial score (nSPS) is 14.2. The average Bonchev–Trinajstić information content (AvgIpc) is 2.90. The number of hydrogen-bond donors (Lipinski definition) is 0. The first-order valence-corrected chi connectivity index (χ1v) is 18.2. The van der Waals surface area contributed by atoms with Gasteiger partial charge < -0.3 is 27.9 Å². The van der Waals surface area contributed by atoms with Crippen LogP contribution in [0.5, 0.6) is 0 Å². The average molecular weight is 608 g/mol. The second-order valence-corrected chi connectivity index (χ2v) is 13.9. The third kappa shape index (κ3) is 30.8. The number of rotatable bonds is 31. The van der Waals surface area contributed by atoms with Crippen molar-refractivity contribution in [3.63, 3.8) is 0 Å². The van der Waals surface area contributed by atoms with E-state index in [0.717, 1.165) is 32.1 Å². The largest absolute Gasteiger partial charge is 0.756 e. The van der Waals surface area contributed by atoms with E-state index >= 15 is 0 Å². The second kappa shape index (κ2) is 27.1. The number of phosphoric ester groups is 1. The molecule has 0 aliphatic carbocycles. The first kappa shape index (κ1) is 40.5. The molecular formula is C32H66NO7P. The Hall–Kier alpha value is -0.500. The van der Waals surface area contributed by atoms with E-state index in [1.165, 1.54) is 89.9 Å². The quantitative estimate of drug-likeness (QED) is 0.0341. The van der Waals surface area contributed by atoms with Crippen LogP contribution in [0, 0.1) is 0 Å². The Labute approximate surface area is 253 Å². The molecule has 0 aromatic carbocycles. The van der Waals surface area contributed by atoms with Gasteiger partial charge in [-0.2, -0.15) is 0 Å². The standard InChI is InChI=1S/C32H66NO7P/c1-6-8-10-12-14-15-16-17-18-20-22-24-27-37-29-31(30-39-41(35,36)38-28-26-33(3,4)5)40-32(34)25-23-21-19-13-11-9-7-2/h31H,6-30H2,1-5H3. The summed E-state index contributed by atoms with van der Waals surface area (Å²) in [5, 5.41) is 0. The first-order valence-electron chi connectivity index (χ1n) is 16.8. The maximum absolute atomic E-state index is 12.4. The molecule has 2 unspecified atom stereocenters. The Kier molecular flexibility index (Phi) is 26.7. The lowest BCUT2D eigenvalue weighted by molar-refractivity contribution is -0.870. The lowest BCUT2D eigenvalue weighted by Crippen LogP contribution is -2.37. The molecule has 0 aliphatic heterocycles. The molecule has 246 valence electrons. The van der Waals surface area contributed by atoms with Crippen LogP contribution in [0.2, 0.25) is 0 Å². The monoisotopic (exact) mass is 607 g/mol. The zero-order chi connectivity index (χ0) is 30.7. The van der Waals surface area contributed by atoms with Crippen LogP contribution in [0.25, 0.3) is 0 Å². The summed E-state index contributed by atoms with van der Waals surface area (Å²) in [6.45, 7) is 5.37. The molecule has 9 heteroatoms. The molecule has 0 aliphatic rings. The van der Waals surface area contributed by atoms with E-state index in [2.05, 4.69) is 13.8 Å². The molecule has 2 atom stereocenters. The highest BCUT2D eigenvalue weighted by molar-refractivity contribution is 7.45. The molecule has 0 N–H and O–H groups in total. The number of quaternary nitrogens is 1. The van der Waals surface area contributed by atoms with Crippen molar-refractivity contribution in [2.45, 2.75) is 148 Å². The van der Waals surface area contributed by atoms with Gasteiger partial charge in [0.2, 0.25) is 0 Å². The number of nitrogens with zero attached hydrogens (tertiary/aromatic N) is 1. The van der Waals surface area contributed by atoms with Crippen molar-refractivity contribution in [1.82, 2.24) is 0 Å². The van der Waals surface area contributed by atoms with Crippen molar-refractivity contribution in [3.05, 3.63) is 0 Å². The van der Waals surface area contributed by atoms with Gasteiger partial charge in [-0.1, -0.05) is 123 Å². The predicted molar refractivity (Wildman–Crippen MR) is 167 cm³/mol. The highest BCUT2D eigenvalue weighted by Crippen LogP contribution is 2.38. The minimum absolute atomic E-state index is 0.0302. The summed E-state index contributed by atoms with van der Waals surface area (Å²) in [5.74, 6) is -0.340. The van der Waals surface area contributed by atoms with Gasteiger partial charge in [-0.05, 0) is 12.8 Å². The van der Waals surface area contributed by atoms with Crippen LogP contribution < -0.4 is 4.89 Å².